The highest BCUT2D eigenvalue weighted by Gasteiger charge is 2.17. The molecule has 0 unspecified atom stereocenters. The SMILES string of the molecule is CN(Cc1ccc(Cl)c(Cl)c1)C1CCNCC1.Cl. The van der Waals surface area contributed by atoms with Crippen LogP contribution in [0.4, 0.5) is 0 Å². The van der Waals surface area contributed by atoms with Gasteiger partial charge in [0.15, 0.2) is 0 Å². The highest BCUT2D eigenvalue weighted by atomic mass is 35.5. The lowest BCUT2D eigenvalue weighted by atomic mass is 10.0. The normalized spacial score (nSPS) is 16.7. The molecule has 0 radical (unpaired) electrons. The van der Waals surface area contributed by atoms with Gasteiger partial charge >= 0.3 is 0 Å². The van der Waals surface area contributed by atoms with Crippen LogP contribution in [-0.4, -0.2) is 31.1 Å². The van der Waals surface area contributed by atoms with Crippen molar-refractivity contribution in [1.29, 1.82) is 0 Å². The van der Waals surface area contributed by atoms with Crippen LogP contribution >= 0.6 is 35.6 Å². The first kappa shape index (κ1) is 16.1. The number of nitrogens with one attached hydrogen (secondary N) is 1. The van der Waals surface area contributed by atoms with E-state index in [1.54, 1.807) is 0 Å². The summed E-state index contributed by atoms with van der Waals surface area (Å²) < 4.78 is 0. The van der Waals surface area contributed by atoms with E-state index < -0.39 is 0 Å². The third kappa shape index (κ3) is 4.29. The fraction of sp³-hybridized carbons (Fsp3) is 0.538. The third-order valence-electron chi connectivity index (χ3n) is 3.35. The lowest BCUT2D eigenvalue weighted by molar-refractivity contribution is 0.192. The number of rotatable bonds is 3. The molecule has 1 fully saturated rings. The molecule has 0 spiro atoms. The van der Waals surface area contributed by atoms with E-state index in [0.717, 1.165) is 19.6 Å². The zero-order valence-corrected chi connectivity index (χ0v) is 12.8. The first-order valence-electron chi connectivity index (χ1n) is 6.01. The predicted molar refractivity (Wildman–Crippen MR) is 81.1 cm³/mol. The van der Waals surface area contributed by atoms with Crippen molar-refractivity contribution in [2.45, 2.75) is 25.4 Å². The van der Waals surface area contributed by atoms with E-state index >= 15 is 0 Å². The van der Waals surface area contributed by atoms with Gasteiger partial charge in [-0.3, -0.25) is 4.90 Å². The number of hydrogen-bond donors (Lipinski definition) is 1. The van der Waals surface area contributed by atoms with Crippen molar-refractivity contribution in [3.05, 3.63) is 33.8 Å². The Morgan fingerprint density at radius 3 is 2.50 bits per heavy atom. The Labute approximate surface area is 125 Å². The average Bonchev–Trinajstić information content (AvgIpc) is 2.35. The second kappa shape index (κ2) is 7.56. The predicted octanol–water partition coefficient (Wildman–Crippen LogP) is 3.60. The molecule has 0 aliphatic carbocycles. The molecule has 0 saturated carbocycles. The summed E-state index contributed by atoms with van der Waals surface area (Å²) in [5, 5.41) is 4.65. The van der Waals surface area contributed by atoms with Crippen LogP contribution < -0.4 is 5.32 Å². The number of nitrogens with zero attached hydrogens (tertiary/aromatic N) is 1. The molecule has 0 aromatic heterocycles. The minimum atomic E-state index is 0. The molecule has 1 saturated heterocycles. The number of piperidine rings is 1. The first-order chi connectivity index (χ1) is 8.16. The second-order valence-electron chi connectivity index (χ2n) is 4.64. The maximum Gasteiger partial charge on any atom is 0.0595 e. The molecular weight excluding hydrogens is 291 g/mol. The van der Waals surface area contributed by atoms with Crippen LogP contribution in [0.25, 0.3) is 0 Å². The van der Waals surface area contributed by atoms with Crippen molar-refractivity contribution >= 4 is 35.6 Å². The van der Waals surface area contributed by atoms with E-state index in [9.17, 15) is 0 Å². The van der Waals surface area contributed by atoms with Gasteiger partial charge in [0, 0.05) is 12.6 Å². The van der Waals surface area contributed by atoms with E-state index in [1.165, 1.54) is 18.4 Å². The molecule has 102 valence electrons. The van der Waals surface area contributed by atoms with Gasteiger partial charge < -0.3 is 5.32 Å². The average molecular weight is 310 g/mol. The van der Waals surface area contributed by atoms with Crippen molar-refractivity contribution in [2.24, 2.45) is 0 Å². The van der Waals surface area contributed by atoms with Crippen LogP contribution in [0.3, 0.4) is 0 Å². The van der Waals surface area contributed by atoms with Crippen LogP contribution in [0.2, 0.25) is 10.0 Å². The van der Waals surface area contributed by atoms with Gasteiger partial charge in [0.1, 0.15) is 0 Å². The van der Waals surface area contributed by atoms with Gasteiger partial charge in [-0.1, -0.05) is 29.3 Å². The molecule has 2 rings (SSSR count). The Morgan fingerprint density at radius 2 is 1.89 bits per heavy atom. The quantitative estimate of drug-likeness (QED) is 0.918. The summed E-state index contributed by atoms with van der Waals surface area (Å²) >= 11 is 11.9. The molecule has 5 heteroatoms. The van der Waals surface area contributed by atoms with Gasteiger partial charge in [-0.15, -0.1) is 12.4 Å². The van der Waals surface area contributed by atoms with E-state index in [1.807, 2.05) is 18.2 Å². The standard InChI is InChI=1S/C13H18Cl2N2.ClH/c1-17(11-4-6-16-7-5-11)9-10-2-3-12(14)13(15)8-10;/h2-3,8,11,16H,4-7,9H2,1H3;1H. The largest absolute Gasteiger partial charge is 0.317 e. The maximum absolute atomic E-state index is 6.02. The maximum atomic E-state index is 6.02. The van der Waals surface area contributed by atoms with Crippen molar-refractivity contribution < 1.29 is 0 Å². The number of hydrogen-bond acceptors (Lipinski definition) is 2. The second-order valence-corrected chi connectivity index (χ2v) is 5.46. The van der Waals surface area contributed by atoms with Gasteiger partial charge in [-0.05, 0) is 50.7 Å². The van der Waals surface area contributed by atoms with Crippen LogP contribution in [0.15, 0.2) is 18.2 Å². The highest BCUT2D eigenvalue weighted by molar-refractivity contribution is 6.42. The van der Waals surface area contributed by atoms with Gasteiger partial charge in [0.2, 0.25) is 0 Å². The zero-order chi connectivity index (χ0) is 12.3. The van der Waals surface area contributed by atoms with Gasteiger partial charge in [0.05, 0.1) is 10.0 Å². The molecule has 1 N–H and O–H groups in total. The minimum absolute atomic E-state index is 0. The first-order valence-corrected chi connectivity index (χ1v) is 6.77. The van der Waals surface area contributed by atoms with Crippen LogP contribution in [-0.2, 0) is 6.54 Å². The molecular formula is C13H19Cl3N2. The van der Waals surface area contributed by atoms with Crippen molar-refractivity contribution in [1.82, 2.24) is 10.2 Å². The molecule has 0 amide bonds. The Hall–Kier alpha value is 0.01000. The van der Waals surface area contributed by atoms with Crippen molar-refractivity contribution in [3.8, 4) is 0 Å². The van der Waals surface area contributed by atoms with Crippen molar-refractivity contribution in [2.75, 3.05) is 20.1 Å². The van der Waals surface area contributed by atoms with Gasteiger partial charge in [-0.25, -0.2) is 0 Å². The monoisotopic (exact) mass is 308 g/mol. The summed E-state index contributed by atoms with van der Waals surface area (Å²) in [6.45, 7) is 3.17. The van der Waals surface area contributed by atoms with E-state index in [-0.39, 0.29) is 12.4 Å². The Balaban J connectivity index is 0.00000162. The number of halogens is 3. The van der Waals surface area contributed by atoms with Crippen LogP contribution in [0, 0.1) is 0 Å². The smallest absolute Gasteiger partial charge is 0.0595 e. The van der Waals surface area contributed by atoms with Gasteiger partial charge in [0.25, 0.3) is 0 Å². The summed E-state index contributed by atoms with van der Waals surface area (Å²) in [4.78, 5) is 2.40. The molecule has 1 heterocycles. The van der Waals surface area contributed by atoms with Gasteiger partial charge in [-0.2, -0.15) is 0 Å². The summed E-state index contributed by atoms with van der Waals surface area (Å²) in [5.74, 6) is 0. The lowest BCUT2D eigenvalue weighted by Gasteiger charge is -2.31. The molecule has 1 aliphatic heterocycles. The Kier molecular flexibility index (Phi) is 6.75. The molecule has 0 bridgehead atoms. The topological polar surface area (TPSA) is 15.3 Å². The number of benzene rings is 1. The molecule has 1 aromatic carbocycles. The minimum Gasteiger partial charge on any atom is -0.317 e. The lowest BCUT2D eigenvalue weighted by Crippen LogP contribution is -2.40. The summed E-state index contributed by atoms with van der Waals surface area (Å²) in [6.07, 6.45) is 2.44. The zero-order valence-electron chi connectivity index (χ0n) is 10.5. The van der Waals surface area contributed by atoms with E-state index in [4.69, 9.17) is 23.2 Å². The molecule has 18 heavy (non-hydrogen) atoms. The van der Waals surface area contributed by atoms with Crippen molar-refractivity contribution in [3.63, 3.8) is 0 Å². The highest BCUT2D eigenvalue weighted by Crippen LogP contribution is 2.23. The Morgan fingerprint density at radius 1 is 1.22 bits per heavy atom. The summed E-state index contributed by atoms with van der Waals surface area (Å²) in [7, 11) is 2.18. The van der Waals surface area contributed by atoms with Crippen LogP contribution in [0.1, 0.15) is 18.4 Å². The fourth-order valence-electron chi connectivity index (χ4n) is 2.30. The molecule has 2 nitrogen and oxygen atoms in total. The van der Waals surface area contributed by atoms with Crippen LogP contribution in [0.5, 0.6) is 0 Å². The summed E-state index contributed by atoms with van der Waals surface area (Å²) in [5.41, 5.74) is 1.22. The van der Waals surface area contributed by atoms with E-state index in [2.05, 4.69) is 17.3 Å². The molecule has 1 aliphatic rings. The molecule has 0 atom stereocenters. The Bertz CT molecular complexity index is 378. The molecule has 1 aromatic rings. The summed E-state index contributed by atoms with van der Waals surface area (Å²) in [6, 6.07) is 6.55. The third-order valence-corrected chi connectivity index (χ3v) is 4.09. The fourth-order valence-corrected chi connectivity index (χ4v) is 2.62. The van der Waals surface area contributed by atoms with E-state index in [0.29, 0.717) is 16.1 Å².